The van der Waals surface area contributed by atoms with Gasteiger partial charge in [-0.2, -0.15) is 0 Å². The average Bonchev–Trinajstić information content (AvgIpc) is 3.40. The lowest BCUT2D eigenvalue weighted by molar-refractivity contribution is -0.140. The number of aliphatic hydroxyl groups excluding tert-OH is 1. The SMILES string of the molecule is COC(=O)c1cc2cc(C(C3=C(O)CC(C)(C)CC3=O)C3C(=O)CC(C)(C)CC3=O)oc2n1Cc1ccccc1. The molecule has 0 amide bonds. The van der Waals surface area contributed by atoms with Crippen LogP contribution < -0.4 is 0 Å². The van der Waals surface area contributed by atoms with E-state index >= 15 is 0 Å². The monoisotopic (exact) mass is 545 g/mol. The van der Waals surface area contributed by atoms with Gasteiger partial charge in [0.1, 0.15) is 28.8 Å². The average molecular weight is 546 g/mol. The fourth-order valence-electron chi connectivity index (χ4n) is 6.32. The lowest BCUT2D eigenvalue weighted by Gasteiger charge is -2.38. The lowest BCUT2D eigenvalue weighted by Crippen LogP contribution is -2.43. The highest BCUT2D eigenvalue weighted by Crippen LogP contribution is 2.48. The first-order valence-electron chi connectivity index (χ1n) is 13.6. The van der Waals surface area contributed by atoms with Crippen LogP contribution >= 0.6 is 0 Å². The summed E-state index contributed by atoms with van der Waals surface area (Å²) in [5.41, 5.74) is 0.693. The van der Waals surface area contributed by atoms with Gasteiger partial charge in [0.05, 0.1) is 25.5 Å². The van der Waals surface area contributed by atoms with Crippen molar-refractivity contribution < 1.29 is 33.4 Å². The molecule has 8 heteroatoms. The van der Waals surface area contributed by atoms with E-state index in [0.717, 1.165) is 5.56 Å². The fourth-order valence-corrected chi connectivity index (χ4v) is 6.32. The maximum atomic E-state index is 13.5. The molecular formula is C32H35NO7. The maximum absolute atomic E-state index is 13.5. The number of carbonyl (C=O) groups is 4. The summed E-state index contributed by atoms with van der Waals surface area (Å²) >= 11 is 0. The van der Waals surface area contributed by atoms with Gasteiger partial charge >= 0.3 is 5.97 Å². The summed E-state index contributed by atoms with van der Waals surface area (Å²) in [5.74, 6) is -3.45. The summed E-state index contributed by atoms with van der Waals surface area (Å²) in [6.45, 7) is 7.85. The number of ether oxygens (including phenoxy) is 1. The molecule has 0 spiro atoms. The standard InChI is InChI=1S/C32H35NO7/c1-31(2)13-21(34)26(22(35)14-31)28(27-23(36)15-32(3,4)16-24(27)37)25-12-19-11-20(30(38)39-5)33(29(19)40-25)17-18-9-7-6-8-10-18/h6-12,26,28,36H,13-17H2,1-5H3. The van der Waals surface area contributed by atoms with Crippen LogP contribution in [-0.4, -0.2) is 40.1 Å². The minimum absolute atomic E-state index is 0.0740. The Hall–Kier alpha value is -3.94. The molecule has 0 aliphatic heterocycles. The number of Topliss-reactive ketones (excluding diaryl/α,β-unsaturated/α-hetero) is 3. The molecule has 1 N–H and O–H groups in total. The van der Waals surface area contributed by atoms with Gasteiger partial charge in [-0.3, -0.25) is 14.4 Å². The molecule has 0 saturated heterocycles. The highest BCUT2D eigenvalue weighted by Gasteiger charge is 2.49. The first-order valence-corrected chi connectivity index (χ1v) is 13.6. The minimum atomic E-state index is -1.15. The Morgan fingerprint density at radius 2 is 1.62 bits per heavy atom. The van der Waals surface area contributed by atoms with E-state index < -0.39 is 28.6 Å². The quantitative estimate of drug-likeness (QED) is 0.302. The number of rotatable bonds is 6. The van der Waals surface area contributed by atoms with Crippen LogP contribution in [0.25, 0.3) is 11.1 Å². The highest BCUT2D eigenvalue weighted by atomic mass is 16.5. The summed E-state index contributed by atoms with van der Waals surface area (Å²) in [7, 11) is 1.30. The van der Waals surface area contributed by atoms with Crippen LogP contribution in [0, 0.1) is 16.7 Å². The van der Waals surface area contributed by atoms with Crippen molar-refractivity contribution in [2.24, 2.45) is 16.7 Å². The summed E-state index contributed by atoms with van der Waals surface area (Å²) in [6.07, 6.45) is 0.787. The van der Waals surface area contributed by atoms with Crippen LogP contribution in [0.15, 0.2) is 58.2 Å². The number of aromatic nitrogens is 1. The third-order valence-electron chi connectivity index (χ3n) is 8.01. The molecule has 2 heterocycles. The summed E-state index contributed by atoms with van der Waals surface area (Å²) < 4.78 is 13.1. The molecule has 5 rings (SSSR count). The van der Waals surface area contributed by atoms with Crippen LogP contribution in [0.2, 0.25) is 0 Å². The van der Waals surface area contributed by atoms with Crippen LogP contribution in [0.4, 0.5) is 0 Å². The Morgan fingerprint density at radius 1 is 1.00 bits per heavy atom. The number of benzene rings is 1. The zero-order valence-electron chi connectivity index (χ0n) is 23.6. The van der Waals surface area contributed by atoms with Crippen molar-refractivity contribution in [3.8, 4) is 0 Å². The number of nitrogens with zero attached hydrogens (tertiary/aromatic N) is 1. The number of allylic oxidation sites excluding steroid dienone is 2. The molecule has 1 unspecified atom stereocenters. The number of ketones is 3. The molecule has 210 valence electrons. The Kier molecular flexibility index (Phi) is 6.84. The molecule has 0 bridgehead atoms. The highest BCUT2D eigenvalue weighted by molar-refractivity contribution is 6.09. The zero-order chi connectivity index (χ0) is 29.0. The lowest BCUT2D eigenvalue weighted by atomic mass is 9.63. The van der Waals surface area contributed by atoms with Crippen molar-refractivity contribution in [1.82, 2.24) is 4.57 Å². The van der Waals surface area contributed by atoms with Crippen molar-refractivity contribution in [2.45, 2.75) is 65.8 Å². The molecule has 2 aliphatic carbocycles. The summed E-state index contributed by atoms with van der Waals surface area (Å²) in [5, 5.41) is 11.7. The molecule has 0 radical (unpaired) electrons. The number of carbonyl (C=O) groups excluding carboxylic acids is 4. The second kappa shape index (κ2) is 9.91. The number of aliphatic hydroxyl groups is 1. The van der Waals surface area contributed by atoms with Gasteiger partial charge < -0.3 is 18.8 Å². The predicted octanol–water partition coefficient (Wildman–Crippen LogP) is 5.93. The van der Waals surface area contributed by atoms with Gasteiger partial charge in [-0.15, -0.1) is 0 Å². The first kappa shape index (κ1) is 27.6. The van der Waals surface area contributed by atoms with Gasteiger partial charge in [-0.25, -0.2) is 4.79 Å². The second-order valence-electron chi connectivity index (χ2n) is 12.7. The Balaban J connectivity index is 1.69. The van der Waals surface area contributed by atoms with Crippen molar-refractivity contribution in [1.29, 1.82) is 0 Å². The van der Waals surface area contributed by atoms with Gasteiger partial charge in [0.25, 0.3) is 0 Å². The summed E-state index contributed by atoms with van der Waals surface area (Å²) in [4.78, 5) is 53.2. The van der Waals surface area contributed by atoms with Crippen molar-refractivity contribution in [3.63, 3.8) is 0 Å². The Labute approximate surface area is 233 Å². The van der Waals surface area contributed by atoms with E-state index in [1.54, 1.807) is 16.7 Å². The Morgan fingerprint density at radius 3 is 2.23 bits per heavy atom. The third kappa shape index (κ3) is 5.03. The number of hydrogen-bond acceptors (Lipinski definition) is 7. The maximum Gasteiger partial charge on any atom is 0.354 e. The molecule has 2 aromatic heterocycles. The molecule has 1 atom stereocenters. The van der Waals surface area contributed by atoms with E-state index in [4.69, 9.17) is 9.15 Å². The van der Waals surface area contributed by atoms with E-state index in [0.29, 0.717) is 17.6 Å². The van der Waals surface area contributed by atoms with Crippen molar-refractivity contribution >= 4 is 34.4 Å². The molecule has 1 saturated carbocycles. The van der Waals surface area contributed by atoms with Crippen LogP contribution in [-0.2, 0) is 25.7 Å². The number of hydrogen-bond donors (Lipinski definition) is 1. The van der Waals surface area contributed by atoms with Gasteiger partial charge in [0, 0.05) is 36.6 Å². The normalized spacial score (nSPS) is 20.3. The van der Waals surface area contributed by atoms with E-state index in [1.807, 2.05) is 58.0 Å². The van der Waals surface area contributed by atoms with Gasteiger partial charge in [-0.1, -0.05) is 58.0 Å². The second-order valence-corrected chi connectivity index (χ2v) is 12.7. The van der Waals surface area contributed by atoms with Crippen LogP contribution in [0.3, 0.4) is 0 Å². The minimum Gasteiger partial charge on any atom is -0.512 e. The zero-order valence-corrected chi connectivity index (χ0v) is 23.6. The molecule has 8 nitrogen and oxygen atoms in total. The predicted molar refractivity (Wildman–Crippen MR) is 148 cm³/mol. The molecule has 3 aromatic rings. The van der Waals surface area contributed by atoms with Crippen LogP contribution in [0.5, 0.6) is 0 Å². The van der Waals surface area contributed by atoms with Gasteiger partial charge in [0.15, 0.2) is 5.78 Å². The molecule has 40 heavy (non-hydrogen) atoms. The number of methoxy groups -OCH3 is 1. The van der Waals surface area contributed by atoms with Crippen LogP contribution in [0.1, 0.15) is 81.1 Å². The largest absolute Gasteiger partial charge is 0.512 e. The van der Waals surface area contributed by atoms with Gasteiger partial charge in [0.2, 0.25) is 5.71 Å². The van der Waals surface area contributed by atoms with Crippen molar-refractivity contribution in [3.05, 3.63) is 70.8 Å². The molecule has 2 aliphatic rings. The fraction of sp³-hybridized carbons (Fsp3) is 0.438. The number of furan rings is 1. The summed E-state index contributed by atoms with van der Waals surface area (Å²) in [6, 6.07) is 12.8. The third-order valence-corrected chi connectivity index (χ3v) is 8.01. The molecule has 1 fully saturated rings. The van der Waals surface area contributed by atoms with E-state index in [9.17, 15) is 24.3 Å². The van der Waals surface area contributed by atoms with E-state index in [2.05, 4.69) is 0 Å². The number of esters is 1. The first-order chi connectivity index (χ1) is 18.8. The number of fused-ring (bicyclic) bond motifs is 1. The smallest absolute Gasteiger partial charge is 0.354 e. The Bertz CT molecular complexity index is 1530. The molecule has 1 aromatic carbocycles. The molecular weight excluding hydrogens is 510 g/mol. The van der Waals surface area contributed by atoms with Gasteiger partial charge in [-0.05, 0) is 28.5 Å². The van der Waals surface area contributed by atoms with E-state index in [1.165, 1.54) is 7.11 Å². The van der Waals surface area contributed by atoms with Crippen molar-refractivity contribution in [2.75, 3.05) is 7.11 Å². The van der Waals surface area contributed by atoms with E-state index in [-0.39, 0.29) is 65.8 Å². The topological polar surface area (TPSA) is 116 Å².